The zero-order valence-electron chi connectivity index (χ0n) is 7.90. The van der Waals surface area contributed by atoms with E-state index in [1.165, 1.54) is 0 Å². The van der Waals surface area contributed by atoms with Gasteiger partial charge in [-0.3, -0.25) is 9.88 Å². The lowest BCUT2D eigenvalue weighted by Crippen LogP contribution is -2.55. The summed E-state index contributed by atoms with van der Waals surface area (Å²) in [6, 6.07) is 6.76. The molecule has 3 heteroatoms. The minimum atomic E-state index is 0.696. The highest BCUT2D eigenvalue weighted by Gasteiger charge is 2.21. The molecule has 0 bridgehead atoms. The Morgan fingerprint density at radius 2 is 2.38 bits per heavy atom. The summed E-state index contributed by atoms with van der Waals surface area (Å²) in [5.74, 6) is 0. The fourth-order valence-electron chi connectivity index (χ4n) is 1.46. The number of likely N-dealkylation sites (N-methyl/N-ethyl adjacent to an activating group) is 1. The van der Waals surface area contributed by atoms with Crippen LogP contribution in [0.4, 0.5) is 0 Å². The van der Waals surface area contributed by atoms with Crippen LogP contribution in [-0.4, -0.2) is 36.1 Å². The lowest BCUT2D eigenvalue weighted by atomic mass is 10.1. The maximum absolute atomic E-state index is 4.30. The predicted octanol–water partition coefficient (Wildman–Crippen LogP) is 0.485. The topological polar surface area (TPSA) is 28.2 Å². The Hall–Kier alpha value is -0.930. The number of pyridine rings is 1. The van der Waals surface area contributed by atoms with E-state index in [1.54, 1.807) is 0 Å². The number of nitrogens with zero attached hydrogens (tertiary/aromatic N) is 2. The molecular formula is C10H15N3. The van der Waals surface area contributed by atoms with Crippen LogP contribution in [0.3, 0.4) is 0 Å². The van der Waals surface area contributed by atoms with Crippen molar-refractivity contribution in [2.24, 2.45) is 0 Å². The monoisotopic (exact) mass is 177 g/mol. The van der Waals surface area contributed by atoms with Gasteiger partial charge in [0, 0.05) is 31.9 Å². The van der Waals surface area contributed by atoms with Gasteiger partial charge in [0.25, 0.3) is 0 Å². The maximum atomic E-state index is 4.30. The number of rotatable bonds is 3. The molecule has 0 amide bonds. The van der Waals surface area contributed by atoms with Crippen LogP contribution in [-0.2, 0) is 6.54 Å². The highest BCUT2D eigenvalue weighted by atomic mass is 15.2. The molecule has 0 aliphatic carbocycles. The van der Waals surface area contributed by atoms with Crippen LogP contribution in [0.5, 0.6) is 0 Å². The van der Waals surface area contributed by atoms with Crippen molar-refractivity contribution < 1.29 is 0 Å². The smallest absolute Gasteiger partial charge is 0.0543 e. The first-order valence-corrected chi connectivity index (χ1v) is 4.67. The molecule has 1 aromatic rings. The van der Waals surface area contributed by atoms with Crippen LogP contribution in [0.2, 0.25) is 0 Å². The van der Waals surface area contributed by atoms with Crippen LogP contribution < -0.4 is 5.32 Å². The molecule has 1 N–H and O–H groups in total. The summed E-state index contributed by atoms with van der Waals surface area (Å²) in [4.78, 5) is 6.64. The van der Waals surface area contributed by atoms with E-state index >= 15 is 0 Å². The third-order valence-electron chi connectivity index (χ3n) is 2.52. The van der Waals surface area contributed by atoms with Crippen LogP contribution in [0.1, 0.15) is 5.69 Å². The van der Waals surface area contributed by atoms with Crippen LogP contribution >= 0.6 is 0 Å². The van der Waals surface area contributed by atoms with Gasteiger partial charge in [-0.05, 0) is 19.2 Å². The number of nitrogens with one attached hydrogen (secondary N) is 1. The molecule has 1 aliphatic heterocycles. The van der Waals surface area contributed by atoms with Crippen molar-refractivity contribution in [1.29, 1.82) is 0 Å². The summed E-state index contributed by atoms with van der Waals surface area (Å²) in [6.07, 6.45) is 1.85. The number of hydrogen-bond donors (Lipinski definition) is 1. The molecule has 0 unspecified atom stereocenters. The Balaban J connectivity index is 1.90. The average Bonchev–Trinajstić information content (AvgIpc) is 2.02. The van der Waals surface area contributed by atoms with Gasteiger partial charge in [0.1, 0.15) is 0 Å². The second-order valence-corrected chi connectivity index (χ2v) is 3.55. The Kier molecular flexibility index (Phi) is 2.57. The molecular weight excluding hydrogens is 162 g/mol. The molecule has 2 rings (SSSR count). The largest absolute Gasteiger partial charge is 0.314 e. The van der Waals surface area contributed by atoms with E-state index < -0.39 is 0 Å². The molecule has 1 aliphatic rings. The summed E-state index contributed by atoms with van der Waals surface area (Å²) >= 11 is 0. The summed E-state index contributed by atoms with van der Waals surface area (Å²) in [5, 5.41) is 3.27. The maximum Gasteiger partial charge on any atom is 0.0543 e. The van der Waals surface area contributed by atoms with Gasteiger partial charge in [0.15, 0.2) is 0 Å². The molecule has 3 nitrogen and oxygen atoms in total. The first-order chi connectivity index (χ1) is 6.36. The van der Waals surface area contributed by atoms with Crippen LogP contribution in [0.25, 0.3) is 0 Å². The van der Waals surface area contributed by atoms with Crippen LogP contribution in [0, 0.1) is 0 Å². The molecule has 1 saturated heterocycles. The summed E-state index contributed by atoms with van der Waals surface area (Å²) in [7, 11) is 2.15. The lowest BCUT2D eigenvalue weighted by Gasteiger charge is -2.35. The SMILES string of the molecule is CN(Cc1ccccn1)C1CNC1. The standard InChI is InChI=1S/C10H15N3/c1-13(10-6-11-7-10)8-9-4-2-3-5-12-9/h2-5,10-11H,6-8H2,1H3. The number of aromatic nitrogens is 1. The fraction of sp³-hybridized carbons (Fsp3) is 0.500. The molecule has 0 radical (unpaired) electrons. The van der Waals surface area contributed by atoms with Gasteiger partial charge in [0.2, 0.25) is 0 Å². The molecule has 1 fully saturated rings. The normalized spacial score (nSPS) is 17.4. The Morgan fingerprint density at radius 3 is 2.92 bits per heavy atom. The van der Waals surface area contributed by atoms with E-state index in [9.17, 15) is 0 Å². The van der Waals surface area contributed by atoms with E-state index in [0.717, 1.165) is 25.3 Å². The third-order valence-corrected chi connectivity index (χ3v) is 2.52. The second-order valence-electron chi connectivity index (χ2n) is 3.55. The van der Waals surface area contributed by atoms with Gasteiger partial charge in [-0.1, -0.05) is 6.07 Å². The molecule has 1 aromatic heterocycles. The van der Waals surface area contributed by atoms with Gasteiger partial charge in [-0.2, -0.15) is 0 Å². The first kappa shape index (κ1) is 8.66. The Morgan fingerprint density at radius 1 is 1.54 bits per heavy atom. The summed E-state index contributed by atoms with van der Waals surface area (Å²) < 4.78 is 0. The zero-order valence-corrected chi connectivity index (χ0v) is 7.90. The van der Waals surface area contributed by atoms with Crippen molar-refractivity contribution in [3.05, 3.63) is 30.1 Å². The van der Waals surface area contributed by atoms with Crippen molar-refractivity contribution in [2.75, 3.05) is 20.1 Å². The van der Waals surface area contributed by atoms with E-state index in [4.69, 9.17) is 0 Å². The van der Waals surface area contributed by atoms with E-state index in [2.05, 4.69) is 28.3 Å². The Bertz CT molecular complexity index is 256. The first-order valence-electron chi connectivity index (χ1n) is 4.67. The van der Waals surface area contributed by atoms with Gasteiger partial charge in [-0.15, -0.1) is 0 Å². The van der Waals surface area contributed by atoms with E-state index in [1.807, 2.05) is 18.3 Å². The predicted molar refractivity (Wildman–Crippen MR) is 52.4 cm³/mol. The molecule has 0 spiro atoms. The summed E-state index contributed by atoms with van der Waals surface area (Å²) in [6.45, 7) is 3.18. The third kappa shape index (κ3) is 2.05. The number of hydrogen-bond acceptors (Lipinski definition) is 3. The highest BCUT2D eigenvalue weighted by Crippen LogP contribution is 2.06. The van der Waals surface area contributed by atoms with Crippen molar-refractivity contribution in [2.45, 2.75) is 12.6 Å². The Labute approximate surface area is 78.8 Å². The molecule has 0 saturated carbocycles. The molecule has 0 atom stereocenters. The molecule has 70 valence electrons. The average molecular weight is 177 g/mol. The molecule has 0 aromatic carbocycles. The minimum Gasteiger partial charge on any atom is -0.314 e. The minimum absolute atomic E-state index is 0.696. The van der Waals surface area contributed by atoms with Gasteiger partial charge in [0.05, 0.1) is 5.69 Å². The van der Waals surface area contributed by atoms with Crippen molar-refractivity contribution in [1.82, 2.24) is 15.2 Å². The molecule has 13 heavy (non-hydrogen) atoms. The fourth-order valence-corrected chi connectivity index (χ4v) is 1.46. The van der Waals surface area contributed by atoms with Crippen molar-refractivity contribution in [3.63, 3.8) is 0 Å². The zero-order chi connectivity index (χ0) is 9.10. The van der Waals surface area contributed by atoms with Crippen LogP contribution in [0.15, 0.2) is 24.4 Å². The van der Waals surface area contributed by atoms with Crippen molar-refractivity contribution >= 4 is 0 Å². The van der Waals surface area contributed by atoms with Gasteiger partial charge >= 0.3 is 0 Å². The highest BCUT2D eigenvalue weighted by molar-refractivity contribution is 5.03. The van der Waals surface area contributed by atoms with E-state index in [0.29, 0.717) is 6.04 Å². The quantitative estimate of drug-likeness (QED) is 0.728. The summed E-state index contributed by atoms with van der Waals surface area (Å²) in [5.41, 5.74) is 1.15. The van der Waals surface area contributed by atoms with Crippen molar-refractivity contribution in [3.8, 4) is 0 Å². The van der Waals surface area contributed by atoms with Gasteiger partial charge < -0.3 is 5.32 Å². The van der Waals surface area contributed by atoms with Gasteiger partial charge in [-0.25, -0.2) is 0 Å². The molecule has 2 heterocycles. The second kappa shape index (κ2) is 3.85. The van der Waals surface area contributed by atoms with E-state index in [-0.39, 0.29) is 0 Å². The lowest BCUT2D eigenvalue weighted by molar-refractivity contribution is 0.171.